The highest BCUT2D eigenvalue weighted by Gasteiger charge is 2.21. The van der Waals surface area contributed by atoms with E-state index in [1.807, 2.05) is 0 Å². The lowest BCUT2D eigenvalue weighted by atomic mass is 10.2. The van der Waals surface area contributed by atoms with E-state index in [4.69, 9.17) is 16.3 Å². The van der Waals surface area contributed by atoms with Crippen LogP contribution in [0.3, 0.4) is 0 Å². The zero-order chi connectivity index (χ0) is 14.5. The lowest BCUT2D eigenvalue weighted by molar-refractivity contribution is -0.135. The van der Waals surface area contributed by atoms with Gasteiger partial charge in [-0.25, -0.2) is 4.79 Å². The Hall–Kier alpha value is -1.85. The van der Waals surface area contributed by atoms with Crippen molar-refractivity contribution in [1.29, 1.82) is 0 Å². The Kier molecular flexibility index (Phi) is 4.76. The number of carbonyl (C=O) groups is 2. The molecule has 104 valence electrons. The molecule has 0 N–H and O–H groups in total. The molecule has 1 aromatic heterocycles. The lowest BCUT2D eigenvalue weighted by Crippen LogP contribution is -2.16. The van der Waals surface area contributed by atoms with Crippen LogP contribution in [0.15, 0.2) is 35.7 Å². The van der Waals surface area contributed by atoms with Crippen molar-refractivity contribution < 1.29 is 19.1 Å². The number of para-hydroxylation sites is 1. The molecule has 0 bridgehead atoms. The Morgan fingerprint density at radius 2 is 2.00 bits per heavy atom. The number of hydrogen-bond acceptors (Lipinski definition) is 5. The second-order valence-corrected chi connectivity index (χ2v) is 5.14. The molecule has 0 atom stereocenters. The zero-order valence-electron chi connectivity index (χ0n) is 10.6. The first-order valence-corrected chi connectivity index (χ1v) is 6.95. The predicted molar refractivity (Wildman–Crippen MR) is 76.4 cm³/mol. The molecule has 6 heteroatoms. The van der Waals surface area contributed by atoms with E-state index in [2.05, 4.69) is 4.74 Å². The normalized spacial score (nSPS) is 10.1. The number of esters is 1. The minimum atomic E-state index is -0.883. The fourth-order valence-corrected chi connectivity index (χ4v) is 2.58. The molecule has 2 aromatic rings. The number of rotatable bonds is 5. The molecule has 0 spiro atoms. The fourth-order valence-electron chi connectivity index (χ4n) is 1.55. The van der Waals surface area contributed by atoms with Gasteiger partial charge in [0, 0.05) is 5.56 Å². The second kappa shape index (κ2) is 6.54. The fraction of sp³-hybridized carbons (Fsp3) is 0.143. The van der Waals surface area contributed by atoms with Crippen LogP contribution in [0.4, 0.5) is 0 Å². The third kappa shape index (κ3) is 3.18. The molecule has 4 nitrogen and oxygen atoms in total. The summed E-state index contributed by atoms with van der Waals surface area (Å²) in [5, 5.41) is 2.21. The predicted octanol–water partition coefficient (Wildman–Crippen LogP) is 3.34. The third-order valence-electron chi connectivity index (χ3n) is 2.54. The molecule has 1 aromatic carbocycles. The van der Waals surface area contributed by atoms with Gasteiger partial charge in [0.25, 0.3) is 5.78 Å². The van der Waals surface area contributed by atoms with E-state index in [9.17, 15) is 9.59 Å². The summed E-state index contributed by atoms with van der Waals surface area (Å²) in [6.45, 7) is 0.158. The topological polar surface area (TPSA) is 52.6 Å². The van der Waals surface area contributed by atoms with Crippen LogP contribution in [0.5, 0.6) is 5.75 Å². The summed E-state index contributed by atoms with van der Waals surface area (Å²) in [6, 6.07) is 8.78. The van der Waals surface area contributed by atoms with Crippen molar-refractivity contribution in [1.82, 2.24) is 0 Å². The van der Waals surface area contributed by atoms with Crippen LogP contribution in [0, 0.1) is 0 Å². The van der Waals surface area contributed by atoms with Gasteiger partial charge in [-0.05, 0) is 23.6 Å². The van der Waals surface area contributed by atoms with Crippen LogP contribution in [-0.4, -0.2) is 18.9 Å². The van der Waals surface area contributed by atoms with E-state index in [1.165, 1.54) is 18.4 Å². The highest BCUT2D eigenvalue weighted by atomic mass is 35.5. The third-order valence-corrected chi connectivity index (χ3v) is 3.81. The summed E-state index contributed by atoms with van der Waals surface area (Å²) in [7, 11) is 1.17. The van der Waals surface area contributed by atoms with Crippen molar-refractivity contribution in [2.75, 3.05) is 7.11 Å². The molecular weight excluding hydrogens is 300 g/mol. The Bertz CT molecular complexity index is 636. The van der Waals surface area contributed by atoms with Crippen molar-refractivity contribution in [3.05, 3.63) is 51.2 Å². The Morgan fingerprint density at radius 1 is 1.25 bits per heavy atom. The zero-order valence-corrected chi connectivity index (χ0v) is 12.2. The molecule has 0 saturated carbocycles. The number of thiophene rings is 1. The van der Waals surface area contributed by atoms with Crippen LogP contribution in [-0.2, 0) is 16.1 Å². The SMILES string of the molecule is COC(=O)C(=O)c1sccc1COc1ccccc1Cl. The number of ether oxygens (including phenoxy) is 2. The van der Waals surface area contributed by atoms with Crippen molar-refractivity contribution >= 4 is 34.7 Å². The molecule has 0 aliphatic rings. The van der Waals surface area contributed by atoms with E-state index in [1.54, 1.807) is 35.7 Å². The largest absolute Gasteiger partial charge is 0.487 e. The molecule has 0 fully saturated rings. The first kappa shape index (κ1) is 14.6. The highest BCUT2D eigenvalue weighted by Crippen LogP contribution is 2.26. The van der Waals surface area contributed by atoms with Gasteiger partial charge in [-0.3, -0.25) is 4.79 Å². The van der Waals surface area contributed by atoms with E-state index in [0.717, 1.165) is 0 Å². The van der Waals surface area contributed by atoms with Crippen LogP contribution in [0.2, 0.25) is 5.02 Å². The number of benzene rings is 1. The van der Waals surface area contributed by atoms with Gasteiger partial charge in [0.1, 0.15) is 12.4 Å². The molecule has 0 unspecified atom stereocenters. The summed E-state index contributed by atoms with van der Waals surface area (Å²) in [5.74, 6) is -1.02. The van der Waals surface area contributed by atoms with Gasteiger partial charge in [-0.1, -0.05) is 23.7 Å². The van der Waals surface area contributed by atoms with Gasteiger partial charge < -0.3 is 9.47 Å². The first-order valence-electron chi connectivity index (χ1n) is 5.70. The quantitative estimate of drug-likeness (QED) is 0.483. The summed E-state index contributed by atoms with van der Waals surface area (Å²) in [5.41, 5.74) is 0.630. The second-order valence-electron chi connectivity index (χ2n) is 3.81. The minimum absolute atomic E-state index is 0.158. The summed E-state index contributed by atoms with van der Waals surface area (Å²) in [6.07, 6.45) is 0. The maximum absolute atomic E-state index is 11.8. The number of carbonyl (C=O) groups excluding carboxylic acids is 2. The molecule has 0 aliphatic carbocycles. The summed E-state index contributed by atoms with van der Waals surface area (Å²) < 4.78 is 9.98. The molecule has 0 aliphatic heterocycles. The molecule has 0 saturated heterocycles. The number of methoxy groups -OCH3 is 1. The van der Waals surface area contributed by atoms with Gasteiger partial charge in [-0.2, -0.15) is 0 Å². The minimum Gasteiger partial charge on any atom is -0.487 e. The number of Topliss-reactive ketones (excluding diaryl/α,β-unsaturated/α-hetero) is 1. The van der Waals surface area contributed by atoms with Gasteiger partial charge in [0.2, 0.25) is 0 Å². The first-order chi connectivity index (χ1) is 9.63. The molecule has 2 rings (SSSR count). The van der Waals surface area contributed by atoms with E-state index in [0.29, 0.717) is 21.2 Å². The average Bonchev–Trinajstić information content (AvgIpc) is 2.93. The van der Waals surface area contributed by atoms with Crippen molar-refractivity contribution in [2.24, 2.45) is 0 Å². The summed E-state index contributed by atoms with van der Waals surface area (Å²) in [4.78, 5) is 23.4. The molecule has 1 heterocycles. The van der Waals surface area contributed by atoms with Crippen LogP contribution in [0.1, 0.15) is 15.2 Å². The molecule has 0 amide bonds. The smallest absolute Gasteiger partial charge is 0.380 e. The van der Waals surface area contributed by atoms with Crippen molar-refractivity contribution in [3.8, 4) is 5.75 Å². The van der Waals surface area contributed by atoms with Crippen LogP contribution >= 0.6 is 22.9 Å². The van der Waals surface area contributed by atoms with Gasteiger partial charge >= 0.3 is 5.97 Å². The van der Waals surface area contributed by atoms with Gasteiger partial charge in [-0.15, -0.1) is 11.3 Å². The highest BCUT2D eigenvalue weighted by molar-refractivity contribution is 7.13. The maximum Gasteiger partial charge on any atom is 0.380 e. The van der Waals surface area contributed by atoms with Crippen molar-refractivity contribution in [2.45, 2.75) is 6.61 Å². The Labute approximate surface area is 124 Å². The number of hydrogen-bond donors (Lipinski definition) is 0. The summed E-state index contributed by atoms with van der Waals surface area (Å²) >= 11 is 7.15. The van der Waals surface area contributed by atoms with Crippen LogP contribution < -0.4 is 4.74 Å². The van der Waals surface area contributed by atoms with Crippen molar-refractivity contribution in [3.63, 3.8) is 0 Å². The van der Waals surface area contributed by atoms with Crippen LogP contribution in [0.25, 0.3) is 0 Å². The van der Waals surface area contributed by atoms with E-state index in [-0.39, 0.29) is 6.61 Å². The molecule has 20 heavy (non-hydrogen) atoms. The molecule has 0 radical (unpaired) electrons. The average molecular weight is 311 g/mol. The number of halogens is 1. The lowest BCUT2D eigenvalue weighted by Gasteiger charge is -2.07. The Balaban J connectivity index is 2.12. The monoisotopic (exact) mass is 310 g/mol. The Morgan fingerprint density at radius 3 is 2.70 bits per heavy atom. The number of ketones is 1. The maximum atomic E-state index is 11.8. The van der Waals surface area contributed by atoms with E-state index < -0.39 is 11.8 Å². The van der Waals surface area contributed by atoms with Gasteiger partial charge in [0.05, 0.1) is 17.0 Å². The van der Waals surface area contributed by atoms with Gasteiger partial charge in [0.15, 0.2) is 0 Å². The van der Waals surface area contributed by atoms with E-state index >= 15 is 0 Å². The molecular formula is C14H11ClO4S. The standard InChI is InChI=1S/C14H11ClO4S/c1-18-14(17)12(16)13-9(6-7-20-13)8-19-11-5-3-2-4-10(11)15/h2-7H,8H2,1H3.